The molecule has 0 atom stereocenters. The normalized spacial score (nSPS) is 15.1. The van der Waals surface area contributed by atoms with E-state index < -0.39 is 0 Å². The number of hydrogen-bond donors (Lipinski definition) is 1. The van der Waals surface area contributed by atoms with Crippen LogP contribution in [0.2, 0.25) is 0 Å². The molecular weight excluding hydrogens is 157 g/mol. The molecule has 0 saturated carbocycles. The summed E-state index contributed by atoms with van der Waals surface area (Å²) < 4.78 is 0. The monoisotopic (exact) mass is 169 g/mol. The summed E-state index contributed by atoms with van der Waals surface area (Å²) in [6.07, 6.45) is 3.83. The molecule has 0 fully saturated rings. The van der Waals surface area contributed by atoms with Crippen molar-refractivity contribution >= 4 is 24.2 Å². The molecule has 1 aromatic heterocycles. The molecule has 0 unspecified atom stereocenters. The summed E-state index contributed by atoms with van der Waals surface area (Å²) in [5, 5.41) is 1.45. The van der Waals surface area contributed by atoms with Gasteiger partial charge in [-0.1, -0.05) is 17.6 Å². The first-order valence-electron chi connectivity index (χ1n) is 4.95. The van der Waals surface area contributed by atoms with Crippen molar-refractivity contribution in [2.24, 2.45) is 0 Å². The number of aryl methyl sites for hydroxylation is 2. The van der Waals surface area contributed by atoms with E-state index in [1.807, 2.05) is 0 Å². The summed E-state index contributed by atoms with van der Waals surface area (Å²) in [7, 11) is 2.16. The zero-order valence-corrected chi connectivity index (χ0v) is 7.85. The van der Waals surface area contributed by atoms with Crippen LogP contribution in [0.4, 0.5) is 0 Å². The quantitative estimate of drug-likeness (QED) is 0.564. The number of rotatable bonds is 0. The van der Waals surface area contributed by atoms with E-state index in [1.54, 1.807) is 5.56 Å². The molecule has 1 nitrogen and oxygen atoms in total. The van der Waals surface area contributed by atoms with Crippen molar-refractivity contribution in [1.82, 2.24) is 4.98 Å². The number of aromatic amines is 1. The average molecular weight is 169 g/mol. The lowest BCUT2D eigenvalue weighted by molar-refractivity contribution is 0.899. The van der Waals surface area contributed by atoms with Crippen molar-refractivity contribution in [3.05, 3.63) is 29.5 Å². The Kier molecular flexibility index (Phi) is 1.34. The second kappa shape index (κ2) is 2.41. The van der Waals surface area contributed by atoms with Gasteiger partial charge in [0.2, 0.25) is 0 Å². The van der Waals surface area contributed by atoms with Gasteiger partial charge in [-0.05, 0) is 30.9 Å². The summed E-state index contributed by atoms with van der Waals surface area (Å²) in [6.45, 7) is 0. The lowest BCUT2D eigenvalue weighted by atomic mass is 9.94. The highest BCUT2D eigenvalue weighted by atomic mass is 14.7. The van der Waals surface area contributed by atoms with E-state index in [9.17, 15) is 0 Å². The van der Waals surface area contributed by atoms with Crippen LogP contribution in [0.25, 0.3) is 10.9 Å². The van der Waals surface area contributed by atoms with Crippen molar-refractivity contribution < 1.29 is 0 Å². The lowest BCUT2D eigenvalue weighted by Gasteiger charge is -1.95. The van der Waals surface area contributed by atoms with Crippen LogP contribution in [0.15, 0.2) is 18.2 Å². The van der Waals surface area contributed by atoms with Crippen molar-refractivity contribution in [3.63, 3.8) is 0 Å². The first kappa shape index (κ1) is 7.25. The van der Waals surface area contributed by atoms with E-state index in [0.717, 1.165) is 0 Å². The van der Waals surface area contributed by atoms with Crippen LogP contribution in [0, 0.1) is 0 Å². The van der Waals surface area contributed by atoms with Crippen LogP contribution in [0.3, 0.4) is 0 Å². The maximum atomic E-state index is 3.50. The predicted octanol–water partition coefficient (Wildman–Crippen LogP) is 0.915. The smallest absolute Gasteiger partial charge is 0.139 e. The Bertz CT molecular complexity index is 470. The predicted molar refractivity (Wildman–Crippen MR) is 58.5 cm³/mol. The summed E-state index contributed by atoms with van der Waals surface area (Å²) >= 11 is 0. The van der Waals surface area contributed by atoms with Crippen molar-refractivity contribution in [2.75, 3.05) is 0 Å². The third-order valence-electron chi connectivity index (χ3n) is 3.00. The van der Waals surface area contributed by atoms with Gasteiger partial charge in [-0.3, -0.25) is 0 Å². The highest BCUT2D eigenvalue weighted by Crippen LogP contribution is 2.28. The molecule has 0 bridgehead atoms. The van der Waals surface area contributed by atoms with Gasteiger partial charge in [0.15, 0.2) is 0 Å². The number of benzene rings is 1. The third kappa shape index (κ3) is 0.948. The Morgan fingerprint density at radius 2 is 2.15 bits per heavy atom. The van der Waals surface area contributed by atoms with Gasteiger partial charge in [0.05, 0.1) is 0 Å². The molecule has 2 heteroatoms. The van der Waals surface area contributed by atoms with Crippen LogP contribution < -0.4 is 5.46 Å². The fraction of sp³-hybridized carbons (Fsp3) is 0.273. The van der Waals surface area contributed by atoms with E-state index in [1.165, 1.54) is 41.3 Å². The van der Waals surface area contributed by atoms with Gasteiger partial charge >= 0.3 is 0 Å². The molecule has 2 aromatic rings. The second-order valence-corrected chi connectivity index (χ2v) is 3.98. The molecule has 0 radical (unpaired) electrons. The fourth-order valence-electron chi connectivity index (χ4n) is 2.36. The molecule has 1 aromatic carbocycles. The van der Waals surface area contributed by atoms with Gasteiger partial charge in [-0.25, -0.2) is 0 Å². The summed E-state index contributed by atoms with van der Waals surface area (Å²) in [6, 6.07) is 6.67. The maximum Gasteiger partial charge on any atom is 0.139 e. The second-order valence-electron chi connectivity index (χ2n) is 3.98. The molecule has 0 aliphatic heterocycles. The summed E-state index contributed by atoms with van der Waals surface area (Å²) in [4.78, 5) is 3.50. The van der Waals surface area contributed by atoms with E-state index in [-0.39, 0.29) is 0 Å². The lowest BCUT2D eigenvalue weighted by Crippen LogP contribution is -1.99. The van der Waals surface area contributed by atoms with E-state index in [4.69, 9.17) is 0 Å². The first-order valence-corrected chi connectivity index (χ1v) is 4.95. The number of H-pyrrole nitrogens is 1. The van der Waals surface area contributed by atoms with Gasteiger partial charge in [-0.15, -0.1) is 0 Å². The Balaban J connectivity index is 2.40. The molecule has 64 valence electrons. The van der Waals surface area contributed by atoms with Crippen LogP contribution in [0.1, 0.15) is 17.7 Å². The highest BCUT2D eigenvalue weighted by molar-refractivity contribution is 6.33. The van der Waals surface area contributed by atoms with Crippen molar-refractivity contribution in [1.29, 1.82) is 0 Å². The number of nitrogens with one attached hydrogen (secondary N) is 1. The number of hydrogen-bond acceptors (Lipinski definition) is 0. The van der Waals surface area contributed by atoms with Gasteiger partial charge in [0.1, 0.15) is 7.85 Å². The average Bonchev–Trinajstić information content (AvgIpc) is 2.64. The SMILES string of the molecule is Bc1ccc2[nH]c3c(c2c1)CCC3. The topological polar surface area (TPSA) is 15.8 Å². The van der Waals surface area contributed by atoms with Crippen LogP contribution >= 0.6 is 0 Å². The Morgan fingerprint density at radius 1 is 1.23 bits per heavy atom. The van der Waals surface area contributed by atoms with Gasteiger partial charge in [0, 0.05) is 16.6 Å². The molecule has 0 amide bonds. The minimum Gasteiger partial charge on any atom is -0.358 e. The van der Waals surface area contributed by atoms with Gasteiger partial charge in [0.25, 0.3) is 0 Å². The van der Waals surface area contributed by atoms with Crippen LogP contribution in [-0.2, 0) is 12.8 Å². The molecule has 1 aliphatic rings. The fourth-order valence-corrected chi connectivity index (χ4v) is 2.36. The minimum atomic E-state index is 1.24. The van der Waals surface area contributed by atoms with Crippen LogP contribution in [-0.4, -0.2) is 12.8 Å². The van der Waals surface area contributed by atoms with Gasteiger partial charge < -0.3 is 4.98 Å². The van der Waals surface area contributed by atoms with E-state index >= 15 is 0 Å². The summed E-state index contributed by atoms with van der Waals surface area (Å²) in [5.41, 5.74) is 5.72. The van der Waals surface area contributed by atoms with Gasteiger partial charge in [-0.2, -0.15) is 0 Å². The molecule has 3 rings (SSSR count). The standard InChI is InChI=1S/C11H12BN/c12-7-4-5-11-9(6-7)8-2-1-3-10(8)13-11/h4-6,13H,1-3,12H2. The van der Waals surface area contributed by atoms with Crippen molar-refractivity contribution in [2.45, 2.75) is 19.3 Å². The van der Waals surface area contributed by atoms with E-state index in [2.05, 4.69) is 31.0 Å². The number of aromatic nitrogens is 1. The molecule has 1 N–H and O–H groups in total. The van der Waals surface area contributed by atoms with Crippen LogP contribution in [0.5, 0.6) is 0 Å². The molecule has 13 heavy (non-hydrogen) atoms. The minimum absolute atomic E-state index is 1.24. The number of fused-ring (bicyclic) bond motifs is 3. The first-order chi connectivity index (χ1) is 6.34. The third-order valence-corrected chi connectivity index (χ3v) is 3.00. The maximum absolute atomic E-state index is 3.50. The molecule has 0 saturated heterocycles. The Labute approximate surface area is 78.6 Å². The Morgan fingerprint density at radius 3 is 3.08 bits per heavy atom. The largest absolute Gasteiger partial charge is 0.358 e. The zero-order valence-electron chi connectivity index (χ0n) is 7.85. The molecule has 1 heterocycles. The summed E-state index contributed by atoms with van der Waals surface area (Å²) in [5.74, 6) is 0. The molecule has 1 aliphatic carbocycles. The zero-order chi connectivity index (χ0) is 8.84. The highest BCUT2D eigenvalue weighted by Gasteiger charge is 2.15. The Hall–Kier alpha value is -1.18. The molecule has 0 spiro atoms. The van der Waals surface area contributed by atoms with E-state index in [0.29, 0.717) is 0 Å². The molecular formula is C11H12BN. The van der Waals surface area contributed by atoms with Crippen molar-refractivity contribution in [3.8, 4) is 0 Å².